The summed E-state index contributed by atoms with van der Waals surface area (Å²) in [5.74, 6) is 6.33. The van der Waals surface area contributed by atoms with E-state index in [1.165, 1.54) is 5.56 Å². The van der Waals surface area contributed by atoms with E-state index in [4.69, 9.17) is 0 Å². The molecule has 0 aliphatic rings. The molecule has 0 N–H and O–H groups in total. The lowest BCUT2D eigenvalue weighted by molar-refractivity contribution is 0.501. The third-order valence-electron chi connectivity index (χ3n) is 4.58. The number of hydrogen-bond acceptors (Lipinski definition) is 0. The number of benzene rings is 1. The Bertz CT molecular complexity index is 508. The average molecular weight is 260 g/mol. The Morgan fingerprint density at radius 2 is 1.42 bits per heavy atom. The molecule has 1 aromatic rings. The Kier molecular flexibility index (Phi) is 4.80. The van der Waals surface area contributed by atoms with Gasteiger partial charge in [-0.25, -0.2) is 4.39 Å². The van der Waals surface area contributed by atoms with Crippen LogP contribution in [0.3, 0.4) is 0 Å². The summed E-state index contributed by atoms with van der Waals surface area (Å²) in [6.45, 7) is 14.0. The first kappa shape index (κ1) is 15.8. The first-order valence-electron chi connectivity index (χ1n) is 7.06. The highest BCUT2D eigenvalue weighted by atomic mass is 19.1. The average Bonchev–Trinajstić information content (AvgIpc) is 2.42. The summed E-state index contributed by atoms with van der Waals surface area (Å²) in [6, 6.07) is 0. The Balaban J connectivity index is 3.79. The smallest absolute Gasteiger partial charge is 0.129 e. The van der Waals surface area contributed by atoms with Crippen LogP contribution in [0.25, 0.3) is 0 Å². The van der Waals surface area contributed by atoms with Crippen LogP contribution in [0.5, 0.6) is 0 Å². The van der Waals surface area contributed by atoms with Crippen molar-refractivity contribution in [1.29, 1.82) is 0 Å². The Hall–Kier alpha value is -1.29. The van der Waals surface area contributed by atoms with Gasteiger partial charge in [0.1, 0.15) is 5.82 Å². The largest absolute Gasteiger partial charge is 0.206 e. The number of hydrogen-bond donors (Lipinski definition) is 0. The molecular weight excluding hydrogens is 235 g/mol. The first-order valence-corrected chi connectivity index (χ1v) is 7.06. The lowest BCUT2D eigenvalue weighted by Gasteiger charge is -2.31. The summed E-state index contributed by atoms with van der Waals surface area (Å²) in [5.41, 5.74) is 4.68. The van der Waals surface area contributed by atoms with E-state index in [-0.39, 0.29) is 11.2 Å². The van der Waals surface area contributed by atoms with Crippen LogP contribution in [0.15, 0.2) is 0 Å². The van der Waals surface area contributed by atoms with Gasteiger partial charge in [-0.05, 0) is 75.3 Å². The van der Waals surface area contributed by atoms with E-state index in [1.54, 1.807) is 0 Å². The van der Waals surface area contributed by atoms with Crippen LogP contribution in [-0.4, -0.2) is 0 Å². The standard InChI is InChI=1S/C18H25F/c1-8-11-18(9-2,10-3)16-13(5)12(4)14(6)17(19)15(16)7/h9-10H2,1-7H3. The molecule has 0 radical (unpaired) electrons. The van der Waals surface area contributed by atoms with Crippen molar-refractivity contribution in [3.63, 3.8) is 0 Å². The summed E-state index contributed by atoms with van der Waals surface area (Å²) in [6.07, 6.45) is 1.82. The summed E-state index contributed by atoms with van der Waals surface area (Å²) < 4.78 is 14.4. The van der Waals surface area contributed by atoms with Crippen molar-refractivity contribution in [2.75, 3.05) is 0 Å². The van der Waals surface area contributed by atoms with Gasteiger partial charge >= 0.3 is 0 Å². The Morgan fingerprint density at radius 1 is 0.895 bits per heavy atom. The predicted molar refractivity (Wildman–Crippen MR) is 81.1 cm³/mol. The van der Waals surface area contributed by atoms with Gasteiger partial charge in [0.05, 0.1) is 5.41 Å². The zero-order valence-corrected chi connectivity index (χ0v) is 13.3. The van der Waals surface area contributed by atoms with Crippen molar-refractivity contribution < 1.29 is 4.39 Å². The van der Waals surface area contributed by atoms with E-state index in [1.807, 2.05) is 27.7 Å². The monoisotopic (exact) mass is 260 g/mol. The van der Waals surface area contributed by atoms with Gasteiger partial charge in [0.25, 0.3) is 0 Å². The highest BCUT2D eigenvalue weighted by molar-refractivity contribution is 5.52. The minimum absolute atomic E-state index is 0.0673. The molecule has 0 saturated heterocycles. The van der Waals surface area contributed by atoms with Crippen LogP contribution in [0.2, 0.25) is 0 Å². The topological polar surface area (TPSA) is 0 Å². The van der Waals surface area contributed by atoms with Crippen LogP contribution in [-0.2, 0) is 5.41 Å². The molecule has 0 saturated carbocycles. The van der Waals surface area contributed by atoms with Gasteiger partial charge in [0.15, 0.2) is 0 Å². The number of rotatable bonds is 3. The van der Waals surface area contributed by atoms with E-state index < -0.39 is 0 Å². The fraction of sp³-hybridized carbons (Fsp3) is 0.556. The van der Waals surface area contributed by atoms with Crippen molar-refractivity contribution >= 4 is 0 Å². The molecule has 0 fully saturated rings. The van der Waals surface area contributed by atoms with Crippen LogP contribution in [0.1, 0.15) is 61.4 Å². The predicted octanol–water partition coefficient (Wildman–Crippen LogP) is 5.14. The van der Waals surface area contributed by atoms with Crippen LogP contribution < -0.4 is 0 Å². The van der Waals surface area contributed by atoms with Gasteiger partial charge in [0.2, 0.25) is 0 Å². The quantitative estimate of drug-likeness (QED) is 0.660. The van der Waals surface area contributed by atoms with E-state index in [0.29, 0.717) is 0 Å². The molecule has 1 aromatic carbocycles. The summed E-state index contributed by atoms with van der Waals surface area (Å²) in [5, 5.41) is 0. The molecule has 0 bridgehead atoms. The lowest BCUT2D eigenvalue weighted by atomic mass is 9.71. The lowest BCUT2D eigenvalue weighted by Crippen LogP contribution is -2.26. The first-order chi connectivity index (χ1) is 8.86. The Morgan fingerprint density at radius 3 is 1.84 bits per heavy atom. The molecule has 0 nitrogen and oxygen atoms in total. The van der Waals surface area contributed by atoms with Crippen LogP contribution in [0.4, 0.5) is 4.39 Å². The summed E-state index contributed by atoms with van der Waals surface area (Å²) in [4.78, 5) is 0. The second-order valence-corrected chi connectivity index (χ2v) is 5.35. The third-order valence-corrected chi connectivity index (χ3v) is 4.58. The molecule has 0 aliphatic heterocycles. The molecule has 0 aromatic heterocycles. The molecule has 0 heterocycles. The normalized spacial score (nSPS) is 11.2. The highest BCUT2D eigenvalue weighted by Crippen LogP contribution is 2.39. The van der Waals surface area contributed by atoms with E-state index in [2.05, 4.69) is 32.6 Å². The highest BCUT2D eigenvalue weighted by Gasteiger charge is 2.32. The fourth-order valence-electron chi connectivity index (χ4n) is 3.11. The maximum absolute atomic E-state index is 14.4. The van der Waals surface area contributed by atoms with Gasteiger partial charge < -0.3 is 0 Å². The molecule has 0 aliphatic carbocycles. The molecule has 0 amide bonds. The summed E-state index contributed by atoms with van der Waals surface area (Å²) >= 11 is 0. The molecule has 1 heteroatoms. The van der Waals surface area contributed by atoms with Gasteiger partial charge in [-0.1, -0.05) is 19.8 Å². The second-order valence-electron chi connectivity index (χ2n) is 5.35. The maximum Gasteiger partial charge on any atom is 0.129 e. The van der Waals surface area contributed by atoms with Crippen molar-refractivity contribution in [2.45, 2.75) is 66.7 Å². The molecule has 0 unspecified atom stereocenters. The van der Waals surface area contributed by atoms with Crippen molar-refractivity contribution in [3.8, 4) is 11.8 Å². The molecule has 19 heavy (non-hydrogen) atoms. The van der Waals surface area contributed by atoms with Crippen molar-refractivity contribution in [2.24, 2.45) is 0 Å². The van der Waals surface area contributed by atoms with Crippen molar-refractivity contribution in [3.05, 3.63) is 33.6 Å². The maximum atomic E-state index is 14.4. The summed E-state index contributed by atoms with van der Waals surface area (Å²) in [7, 11) is 0. The minimum atomic E-state index is -0.220. The van der Waals surface area contributed by atoms with Crippen LogP contribution >= 0.6 is 0 Å². The van der Waals surface area contributed by atoms with E-state index in [0.717, 1.165) is 35.1 Å². The zero-order valence-electron chi connectivity index (χ0n) is 13.3. The van der Waals surface area contributed by atoms with Gasteiger partial charge in [-0.15, -0.1) is 5.92 Å². The van der Waals surface area contributed by atoms with Gasteiger partial charge in [0, 0.05) is 0 Å². The van der Waals surface area contributed by atoms with E-state index in [9.17, 15) is 4.39 Å². The molecular formula is C18H25F. The van der Waals surface area contributed by atoms with Crippen LogP contribution in [0, 0.1) is 45.4 Å². The molecule has 0 atom stereocenters. The molecule has 1 rings (SSSR count). The second kappa shape index (κ2) is 5.78. The molecule has 0 spiro atoms. The number of halogens is 1. The Labute approximate surface area is 117 Å². The van der Waals surface area contributed by atoms with Crippen molar-refractivity contribution in [1.82, 2.24) is 0 Å². The van der Waals surface area contributed by atoms with Gasteiger partial charge in [-0.2, -0.15) is 0 Å². The SMILES string of the molecule is CC#CC(CC)(CC)c1c(C)c(C)c(C)c(F)c1C. The zero-order chi connectivity index (χ0) is 14.8. The fourth-order valence-corrected chi connectivity index (χ4v) is 3.11. The molecule has 104 valence electrons. The minimum Gasteiger partial charge on any atom is -0.206 e. The van der Waals surface area contributed by atoms with E-state index >= 15 is 0 Å². The van der Waals surface area contributed by atoms with Gasteiger partial charge in [-0.3, -0.25) is 0 Å². The third kappa shape index (κ3) is 2.41.